The summed E-state index contributed by atoms with van der Waals surface area (Å²) in [6.45, 7) is 5.77. The van der Waals surface area contributed by atoms with E-state index in [2.05, 4.69) is 38.1 Å². The fourth-order valence-electron chi connectivity index (χ4n) is 1.96. The van der Waals surface area contributed by atoms with Crippen molar-refractivity contribution in [3.05, 3.63) is 48.5 Å². The lowest BCUT2D eigenvalue weighted by molar-refractivity contribution is 0.319. The number of benzene rings is 2. The molecule has 21 heavy (non-hydrogen) atoms. The molecule has 0 atom stereocenters. The van der Waals surface area contributed by atoms with Crippen molar-refractivity contribution >= 4 is 19.9 Å². The van der Waals surface area contributed by atoms with Gasteiger partial charge in [-0.25, -0.2) is 0 Å². The molecule has 2 radical (unpaired) electrons. The van der Waals surface area contributed by atoms with Crippen LogP contribution in [-0.2, 0) is 0 Å². The van der Waals surface area contributed by atoms with Gasteiger partial charge in [0.25, 0.3) is 0 Å². The van der Waals surface area contributed by atoms with Crippen molar-refractivity contribution < 1.29 is 9.47 Å². The summed E-state index contributed by atoms with van der Waals surface area (Å²) in [7, 11) is 0.547. The molecule has 0 saturated carbocycles. The minimum Gasteiger partial charge on any atom is -0.494 e. The van der Waals surface area contributed by atoms with E-state index in [0.29, 0.717) is 9.52 Å². The largest absolute Gasteiger partial charge is 0.494 e. The Morgan fingerprint density at radius 1 is 0.714 bits per heavy atom. The van der Waals surface area contributed by atoms with Gasteiger partial charge in [-0.1, -0.05) is 50.2 Å². The molecule has 0 aliphatic carbocycles. The van der Waals surface area contributed by atoms with Gasteiger partial charge in [0.2, 0.25) is 0 Å². The zero-order chi connectivity index (χ0) is 14.9. The third-order valence-corrected chi connectivity index (χ3v) is 4.33. The molecule has 2 aromatic carbocycles. The van der Waals surface area contributed by atoms with Crippen molar-refractivity contribution in [2.45, 2.75) is 26.7 Å². The number of hydrogen-bond acceptors (Lipinski definition) is 2. The van der Waals surface area contributed by atoms with Crippen LogP contribution in [0.3, 0.4) is 0 Å². The van der Waals surface area contributed by atoms with Crippen molar-refractivity contribution in [3.63, 3.8) is 0 Å². The van der Waals surface area contributed by atoms with Gasteiger partial charge in [0, 0.05) is 0 Å². The smallest absolute Gasteiger partial charge is 0.131 e. The van der Waals surface area contributed by atoms with Gasteiger partial charge >= 0.3 is 0 Å². The predicted molar refractivity (Wildman–Crippen MR) is 89.5 cm³/mol. The van der Waals surface area contributed by atoms with E-state index in [1.807, 2.05) is 24.3 Å². The molecule has 0 N–H and O–H groups in total. The van der Waals surface area contributed by atoms with Crippen LogP contribution in [0.25, 0.3) is 0 Å². The van der Waals surface area contributed by atoms with Crippen LogP contribution in [0.5, 0.6) is 11.5 Å². The highest BCUT2D eigenvalue weighted by Gasteiger charge is 2.09. The zero-order valence-electron chi connectivity index (χ0n) is 12.8. The molecule has 2 rings (SSSR count). The number of rotatable bonds is 8. The molecule has 0 unspecified atom stereocenters. The van der Waals surface area contributed by atoms with Crippen molar-refractivity contribution in [2.75, 3.05) is 13.2 Å². The first-order chi connectivity index (χ1) is 10.3. The van der Waals surface area contributed by atoms with Gasteiger partial charge in [-0.3, -0.25) is 0 Å². The molecule has 2 nitrogen and oxygen atoms in total. The van der Waals surface area contributed by atoms with E-state index < -0.39 is 0 Å². The highest BCUT2D eigenvalue weighted by atomic mass is 28.2. The van der Waals surface area contributed by atoms with Crippen LogP contribution in [0.4, 0.5) is 0 Å². The Morgan fingerprint density at radius 2 is 1.14 bits per heavy atom. The molecule has 0 amide bonds. The Hall–Kier alpha value is -1.74. The van der Waals surface area contributed by atoms with Crippen molar-refractivity contribution in [2.24, 2.45) is 0 Å². The summed E-state index contributed by atoms with van der Waals surface area (Å²) in [5, 5.41) is 2.47. The molecule has 3 heteroatoms. The summed E-state index contributed by atoms with van der Waals surface area (Å²) in [6.07, 6.45) is 2.04. The maximum Gasteiger partial charge on any atom is 0.131 e. The first kappa shape index (κ1) is 15.6. The number of hydrogen-bond donors (Lipinski definition) is 0. The van der Waals surface area contributed by atoms with Crippen LogP contribution in [0.2, 0.25) is 0 Å². The Balaban J connectivity index is 2.18. The first-order valence-corrected chi connectivity index (χ1v) is 8.55. The topological polar surface area (TPSA) is 18.5 Å². The van der Waals surface area contributed by atoms with Gasteiger partial charge in [0.05, 0.1) is 13.2 Å². The average Bonchev–Trinajstić information content (AvgIpc) is 2.53. The highest BCUT2D eigenvalue weighted by Crippen LogP contribution is 2.10. The molecule has 0 aliphatic rings. The molecular weight excluding hydrogens is 276 g/mol. The Kier molecular flexibility index (Phi) is 6.35. The Labute approximate surface area is 129 Å². The van der Waals surface area contributed by atoms with Crippen LogP contribution in [0.15, 0.2) is 48.5 Å². The normalized spacial score (nSPS) is 10.4. The summed E-state index contributed by atoms with van der Waals surface area (Å²) < 4.78 is 11.7. The molecule has 110 valence electrons. The van der Waals surface area contributed by atoms with E-state index >= 15 is 0 Å². The Bertz CT molecular complexity index is 505. The molecule has 2 aromatic rings. The van der Waals surface area contributed by atoms with Crippen LogP contribution in [0, 0.1) is 0 Å². The van der Waals surface area contributed by atoms with Crippen LogP contribution >= 0.6 is 0 Å². The van der Waals surface area contributed by atoms with Crippen LogP contribution in [-0.4, -0.2) is 22.7 Å². The van der Waals surface area contributed by atoms with Gasteiger partial charge in [-0.15, -0.1) is 0 Å². The van der Waals surface area contributed by atoms with E-state index in [-0.39, 0.29) is 0 Å². The first-order valence-electron chi connectivity index (χ1n) is 7.55. The van der Waals surface area contributed by atoms with Gasteiger partial charge in [-0.05, 0) is 35.3 Å². The fraction of sp³-hybridized carbons (Fsp3) is 0.333. The molecule has 0 bridgehead atoms. The second kappa shape index (κ2) is 8.52. The SMILES string of the molecule is CCCOc1ccccc1[Si]c1ccccc1OCCC. The van der Waals surface area contributed by atoms with Crippen molar-refractivity contribution in [1.82, 2.24) is 0 Å². The van der Waals surface area contributed by atoms with E-state index in [1.165, 1.54) is 10.4 Å². The number of ether oxygens (including phenoxy) is 2. The van der Waals surface area contributed by atoms with Crippen LogP contribution in [0.1, 0.15) is 26.7 Å². The van der Waals surface area contributed by atoms with E-state index in [1.54, 1.807) is 0 Å². The maximum atomic E-state index is 5.85. The van der Waals surface area contributed by atoms with Gasteiger partial charge < -0.3 is 9.47 Å². The molecule has 0 aliphatic heterocycles. The van der Waals surface area contributed by atoms with E-state index in [4.69, 9.17) is 9.47 Å². The average molecular weight is 298 g/mol. The van der Waals surface area contributed by atoms with Crippen LogP contribution < -0.4 is 19.8 Å². The predicted octanol–water partition coefficient (Wildman–Crippen LogP) is 2.92. The molecule has 0 heterocycles. The lowest BCUT2D eigenvalue weighted by Crippen LogP contribution is -2.30. The summed E-state index contributed by atoms with van der Waals surface area (Å²) >= 11 is 0. The standard InChI is InChI=1S/C18H22O2Si/c1-3-13-19-15-9-5-7-11-17(15)21-18-12-8-6-10-16(18)20-14-4-2/h5-12H,3-4,13-14H2,1-2H3. The zero-order valence-corrected chi connectivity index (χ0v) is 13.8. The third kappa shape index (κ3) is 4.64. The van der Waals surface area contributed by atoms with Crippen molar-refractivity contribution in [1.29, 1.82) is 0 Å². The molecule has 0 fully saturated rings. The summed E-state index contributed by atoms with van der Waals surface area (Å²) in [5.74, 6) is 1.98. The molecule has 0 aromatic heterocycles. The summed E-state index contributed by atoms with van der Waals surface area (Å²) in [4.78, 5) is 0. The van der Waals surface area contributed by atoms with Gasteiger partial charge in [-0.2, -0.15) is 0 Å². The molecule has 0 saturated heterocycles. The second-order valence-electron chi connectivity index (χ2n) is 4.81. The molecular formula is C18H22O2Si. The Morgan fingerprint density at radius 3 is 1.57 bits per heavy atom. The summed E-state index contributed by atoms with van der Waals surface area (Å²) in [5.41, 5.74) is 0. The van der Waals surface area contributed by atoms with Gasteiger partial charge in [0.1, 0.15) is 21.0 Å². The monoisotopic (exact) mass is 298 g/mol. The van der Waals surface area contributed by atoms with E-state index in [9.17, 15) is 0 Å². The molecule has 0 spiro atoms. The fourth-order valence-corrected chi connectivity index (χ4v) is 3.17. The minimum atomic E-state index is 0.547. The minimum absolute atomic E-state index is 0.547. The lowest BCUT2D eigenvalue weighted by atomic mass is 10.3. The highest BCUT2D eigenvalue weighted by molar-refractivity contribution is 6.69. The van der Waals surface area contributed by atoms with E-state index in [0.717, 1.165) is 37.6 Å². The second-order valence-corrected chi connectivity index (χ2v) is 6.14. The quantitative estimate of drug-likeness (QED) is 0.698. The lowest BCUT2D eigenvalue weighted by Gasteiger charge is -2.13. The number of para-hydroxylation sites is 2. The maximum absolute atomic E-state index is 5.85. The third-order valence-electron chi connectivity index (χ3n) is 2.97. The van der Waals surface area contributed by atoms with Gasteiger partial charge in [0.15, 0.2) is 0 Å². The summed E-state index contributed by atoms with van der Waals surface area (Å²) in [6, 6.07) is 16.6. The van der Waals surface area contributed by atoms with Crippen molar-refractivity contribution in [3.8, 4) is 11.5 Å².